The predicted molar refractivity (Wildman–Crippen MR) is 58.3 cm³/mol. The van der Waals surface area contributed by atoms with Crippen LogP contribution in [0, 0.1) is 5.92 Å². The number of ether oxygens (including phenoxy) is 1. The van der Waals surface area contributed by atoms with Gasteiger partial charge in [0.1, 0.15) is 0 Å². The van der Waals surface area contributed by atoms with Crippen molar-refractivity contribution in [2.45, 2.75) is 32.7 Å². The lowest BCUT2D eigenvalue weighted by molar-refractivity contribution is 0.0440. The van der Waals surface area contributed by atoms with E-state index >= 15 is 0 Å². The molecule has 0 aromatic heterocycles. The van der Waals surface area contributed by atoms with Crippen molar-refractivity contribution in [1.29, 1.82) is 0 Å². The van der Waals surface area contributed by atoms with Gasteiger partial charge >= 0.3 is 0 Å². The van der Waals surface area contributed by atoms with Crippen molar-refractivity contribution in [3.63, 3.8) is 0 Å². The molecule has 1 saturated heterocycles. The Morgan fingerprint density at radius 1 is 1.64 bits per heavy atom. The Morgan fingerprint density at radius 2 is 2.43 bits per heavy atom. The molecule has 0 bridgehead atoms. The van der Waals surface area contributed by atoms with Gasteiger partial charge in [-0.25, -0.2) is 0 Å². The lowest BCUT2D eigenvalue weighted by Crippen LogP contribution is -2.47. The van der Waals surface area contributed by atoms with Gasteiger partial charge in [0.05, 0.1) is 6.61 Å². The molecule has 2 atom stereocenters. The van der Waals surface area contributed by atoms with Gasteiger partial charge < -0.3 is 15.8 Å². The maximum Gasteiger partial charge on any atom is 0.188 e. The van der Waals surface area contributed by atoms with Crippen LogP contribution in [-0.2, 0) is 4.74 Å². The van der Waals surface area contributed by atoms with Crippen molar-refractivity contribution in [2.75, 3.05) is 19.8 Å². The molecule has 1 aliphatic rings. The summed E-state index contributed by atoms with van der Waals surface area (Å²) in [5.41, 5.74) is 5.75. The number of rotatable bonds is 3. The molecule has 1 aliphatic heterocycles. The van der Waals surface area contributed by atoms with Crippen molar-refractivity contribution in [1.82, 2.24) is 5.32 Å². The van der Waals surface area contributed by atoms with Gasteiger partial charge in [0, 0.05) is 19.2 Å². The first-order valence-corrected chi connectivity index (χ1v) is 5.38. The quantitative estimate of drug-likeness (QED) is 0.520. The van der Waals surface area contributed by atoms with Gasteiger partial charge in [-0.15, -0.1) is 0 Å². The first-order chi connectivity index (χ1) is 6.74. The van der Waals surface area contributed by atoms with E-state index in [2.05, 4.69) is 24.2 Å². The molecule has 0 amide bonds. The van der Waals surface area contributed by atoms with Crippen molar-refractivity contribution in [3.8, 4) is 0 Å². The molecular weight excluding hydrogens is 178 g/mol. The van der Waals surface area contributed by atoms with Crippen LogP contribution in [0.15, 0.2) is 4.99 Å². The highest BCUT2D eigenvalue weighted by Crippen LogP contribution is 2.13. The molecular formula is C10H21N3O. The fraction of sp³-hybridized carbons (Fsp3) is 0.900. The van der Waals surface area contributed by atoms with Gasteiger partial charge in [0.2, 0.25) is 0 Å². The minimum Gasteiger partial charge on any atom is -0.381 e. The van der Waals surface area contributed by atoms with E-state index in [0.29, 0.717) is 17.9 Å². The third kappa shape index (κ3) is 3.54. The maximum absolute atomic E-state index is 5.75. The summed E-state index contributed by atoms with van der Waals surface area (Å²) in [6, 6.07) is 0.421. The van der Waals surface area contributed by atoms with Crippen LogP contribution in [0.2, 0.25) is 0 Å². The first kappa shape index (κ1) is 11.3. The van der Waals surface area contributed by atoms with Crippen molar-refractivity contribution >= 4 is 5.96 Å². The fourth-order valence-electron chi connectivity index (χ4n) is 1.56. The summed E-state index contributed by atoms with van der Waals surface area (Å²) >= 11 is 0. The van der Waals surface area contributed by atoms with Crippen molar-refractivity contribution < 1.29 is 4.74 Å². The number of nitrogens with zero attached hydrogens (tertiary/aromatic N) is 1. The molecule has 1 rings (SSSR count). The zero-order valence-corrected chi connectivity index (χ0v) is 9.12. The molecule has 4 nitrogen and oxygen atoms in total. The highest BCUT2D eigenvalue weighted by molar-refractivity contribution is 5.78. The highest BCUT2D eigenvalue weighted by atomic mass is 16.5. The van der Waals surface area contributed by atoms with Crippen molar-refractivity contribution in [3.05, 3.63) is 0 Å². The van der Waals surface area contributed by atoms with E-state index in [1.807, 2.05) is 0 Å². The molecule has 0 radical (unpaired) electrons. The van der Waals surface area contributed by atoms with E-state index in [1.54, 1.807) is 0 Å². The summed E-state index contributed by atoms with van der Waals surface area (Å²) in [5.74, 6) is 1.09. The Morgan fingerprint density at radius 3 is 3.07 bits per heavy atom. The van der Waals surface area contributed by atoms with Crippen LogP contribution in [-0.4, -0.2) is 31.8 Å². The van der Waals surface area contributed by atoms with Crippen LogP contribution < -0.4 is 11.1 Å². The summed E-state index contributed by atoms with van der Waals surface area (Å²) < 4.78 is 5.35. The minimum absolute atomic E-state index is 0.421. The summed E-state index contributed by atoms with van der Waals surface area (Å²) in [4.78, 5) is 4.21. The Balaban J connectivity index is 2.34. The number of nitrogens with one attached hydrogen (secondary N) is 1. The number of hydrogen-bond donors (Lipinski definition) is 2. The third-order valence-corrected chi connectivity index (χ3v) is 2.48. The van der Waals surface area contributed by atoms with Gasteiger partial charge in [-0.3, -0.25) is 4.99 Å². The van der Waals surface area contributed by atoms with E-state index in [1.165, 1.54) is 0 Å². The van der Waals surface area contributed by atoms with Crippen LogP contribution in [0.3, 0.4) is 0 Å². The smallest absolute Gasteiger partial charge is 0.188 e. The average Bonchev–Trinajstić information content (AvgIpc) is 2.18. The lowest BCUT2D eigenvalue weighted by Gasteiger charge is -2.29. The van der Waals surface area contributed by atoms with Crippen molar-refractivity contribution in [2.24, 2.45) is 16.6 Å². The van der Waals surface area contributed by atoms with Crippen LogP contribution in [0.4, 0.5) is 0 Å². The zero-order valence-electron chi connectivity index (χ0n) is 9.12. The van der Waals surface area contributed by atoms with E-state index in [-0.39, 0.29) is 0 Å². The molecule has 14 heavy (non-hydrogen) atoms. The molecule has 0 saturated carbocycles. The topological polar surface area (TPSA) is 59.6 Å². The van der Waals surface area contributed by atoms with Crippen LogP contribution in [0.25, 0.3) is 0 Å². The van der Waals surface area contributed by atoms with Crippen LogP contribution >= 0.6 is 0 Å². The van der Waals surface area contributed by atoms with E-state index in [0.717, 1.165) is 32.6 Å². The van der Waals surface area contributed by atoms with Gasteiger partial charge in [0.25, 0.3) is 0 Å². The number of nitrogens with two attached hydrogens (primary N) is 1. The molecule has 0 aliphatic carbocycles. The monoisotopic (exact) mass is 199 g/mol. The molecule has 3 N–H and O–H groups in total. The highest BCUT2D eigenvalue weighted by Gasteiger charge is 2.21. The molecule has 4 heteroatoms. The van der Waals surface area contributed by atoms with E-state index < -0.39 is 0 Å². The normalized spacial score (nSPS) is 28.9. The van der Waals surface area contributed by atoms with E-state index in [9.17, 15) is 0 Å². The summed E-state index contributed by atoms with van der Waals surface area (Å²) in [6.45, 7) is 6.70. The molecule has 0 spiro atoms. The second-order valence-electron chi connectivity index (χ2n) is 3.86. The number of hydrogen-bond acceptors (Lipinski definition) is 2. The first-order valence-electron chi connectivity index (χ1n) is 5.38. The summed E-state index contributed by atoms with van der Waals surface area (Å²) in [7, 11) is 0. The largest absolute Gasteiger partial charge is 0.381 e. The van der Waals surface area contributed by atoms with Gasteiger partial charge in [-0.2, -0.15) is 0 Å². The van der Waals surface area contributed by atoms with Crippen LogP contribution in [0.1, 0.15) is 26.7 Å². The fourth-order valence-corrected chi connectivity index (χ4v) is 1.56. The summed E-state index contributed by atoms with van der Waals surface area (Å²) in [5, 5.41) is 3.25. The Labute approximate surface area is 85.9 Å². The lowest BCUT2D eigenvalue weighted by atomic mass is 9.98. The van der Waals surface area contributed by atoms with Gasteiger partial charge in [0.15, 0.2) is 5.96 Å². The summed E-state index contributed by atoms with van der Waals surface area (Å²) in [6.07, 6.45) is 2.05. The maximum atomic E-state index is 5.75. The number of guanidine groups is 1. The average molecular weight is 199 g/mol. The zero-order chi connectivity index (χ0) is 10.4. The van der Waals surface area contributed by atoms with Gasteiger partial charge in [-0.1, -0.05) is 13.8 Å². The standard InChI is InChI=1S/C10H21N3O/c1-3-5-12-10(11)13-9-4-6-14-7-8(9)2/h8-9H,3-7H2,1-2H3,(H3,11,12,13). The molecule has 0 aromatic carbocycles. The van der Waals surface area contributed by atoms with Gasteiger partial charge in [-0.05, 0) is 18.8 Å². The minimum atomic E-state index is 0.421. The Hall–Kier alpha value is -0.770. The Bertz CT molecular complexity index is 194. The van der Waals surface area contributed by atoms with E-state index in [4.69, 9.17) is 10.5 Å². The number of aliphatic imine (C=N–C) groups is 1. The SMILES string of the molecule is CCCN=C(N)NC1CCOCC1C. The third-order valence-electron chi connectivity index (χ3n) is 2.48. The molecule has 1 fully saturated rings. The van der Waals surface area contributed by atoms with Crippen LogP contribution in [0.5, 0.6) is 0 Å². The molecule has 2 unspecified atom stereocenters. The molecule has 82 valence electrons. The predicted octanol–water partition coefficient (Wildman–Crippen LogP) is 0.726. The molecule has 1 heterocycles. The second-order valence-corrected chi connectivity index (χ2v) is 3.86. The second kappa shape index (κ2) is 5.86. The molecule has 0 aromatic rings. The Kier molecular flexibility index (Phi) is 4.73.